The van der Waals surface area contributed by atoms with Gasteiger partial charge in [-0.3, -0.25) is 14.6 Å². The van der Waals surface area contributed by atoms with Crippen LogP contribution in [0.2, 0.25) is 0 Å². The first-order chi connectivity index (χ1) is 17.2. The highest BCUT2D eigenvalue weighted by atomic mass is 19.1. The number of hydrogen-bond acceptors (Lipinski definition) is 5. The number of aliphatic imine (C=N–C) groups is 1. The summed E-state index contributed by atoms with van der Waals surface area (Å²) in [5.41, 5.74) is 3.43. The first-order valence-corrected chi connectivity index (χ1v) is 11.2. The third kappa shape index (κ3) is 4.53. The maximum atomic E-state index is 13.7. The Labute approximate surface area is 201 Å². The van der Waals surface area contributed by atoms with Crippen molar-refractivity contribution in [3.8, 4) is 0 Å². The molecule has 0 N–H and O–H groups in total. The van der Waals surface area contributed by atoms with Crippen molar-refractivity contribution >= 4 is 24.2 Å². The molecule has 0 saturated heterocycles. The van der Waals surface area contributed by atoms with Crippen LogP contribution in [0.1, 0.15) is 44.7 Å². The summed E-state index contributed by atoms with van der Waals surface area (Å²) in [6.45, 7) is 0.991. The molecule has 0 aliphatic carbocycles. The summed E-state index contributed by atoms with van der Waals surface area (Å²) < 4.78 is 20.7. The first kappa shape index (κ1) is 22.4. The molecule has 4 aromatic rings. The Morgan fingerprint density at radius 2 is 1.83 bits per heavy atom. The largest absolute Gasteiger partial charge is 0.467 e. The number of fused-ring (bicyclic) bond motifs is 1. The summed E-state index contributed by atoms with van der Waals surface area (Å²) in [7, 11) is 0. The quantitative estimate of drug-likeness (QED) is 0.340. The summed E-state index contributed by atoms with van der Waals surface area (Å²) in [6.07, 6.45) is 5.16. The van der Waals surface area contributed by atoms with E-state index < -0.39 is 11.8 Å². The Bertz CT molecular complexity index is 1380. The molecular formula is C28H22FN3O3. The van der Waals surface area contributed by atoms with Gasteiger partial charge in [-0.1, -0.05) is 54.6 Å². The average Bonchev–Trinajstić information content (AvgIpc) is 3.33. The van der Waals surface area contributed by atoms with E-state index in [0.717, 1.165) is 5.56 Å². The second kappa shape index (κ2) is 9.85. The van der Waals surface area contributed by atoms with Gasteiger partial charge in [-0.15, -0.1) is 0 Å². The monoisotopic (exact) mass is 467 g/mol. The van der Waals surface area contributed by atoms with Crippen LogP contribution in [0.4, 0.5) is 10.1 Å². The fourth-order valence-electron chi connectivity index (χ4n) is 4.49. The molecule has 5 rings (SSSR count). The zero-order chi connectivity index (χ0) is 24.2. The summed E-state index contributed by atoms with van der Waals surface area (Å²) in [5, 5.41) is 0. The first-order valence-electron chi connectivity index (χ1n) is 11.2. The summed E-state index contributed by atoms with van der Waals surface area (Å²) in [5.74, 6) is -0.966. The molecule has 2 atom stereocenters. The molecular weight excluding hydrogens is 445 g/mol. The molecule has 35 heavy (non-hydrogen) atoms. The van der Waals surface area contributed by atoms with Gasteiger partial charge in [-0.2, -0.15) is 0 Å². The van der Waals surface area contributed by atoms with E-state index >= 15 is 0 Å². The van der Waals surface area contributed by atoms with Crippen molar-refractivity contribution in [3.63, 3.8) is 0 Å². The van der Waals surface area contributed by atoms with Crippen LogP contribution in [0.3, 0.4) is 0 Å². The van der Waals surface area contributed by atoms with Crippen molar-refractivity contribution in [3.05, 3.63) is 119 Å². The molecule has 2 heterocycles. The van der Waals surface area contributed by atoms with Crippen molar-refractivity contribution in [2.45, 2.75) is 18.4 Å². The van der Waals surface area contributed by atoms with Crippen molar-refractivity contribution in [1.29, 1.82) is 0 Å². The van der Waals surface area contributed by atoms with E-state index in [1.165, 1.54) is 12.1 Å². The van der Waals surface area contributed by atoms with Crippen molar-refractivity contribution in [2.24, 2.45) is 4.99 Å². The van der Waals surface area contributed by atoms with Gasteiger partial charge in [0.25, 0.3) is 6.47 Å². The number of Topliss-reactive ketones (excluding diaryl/α,β-unsaturated/α-hetero) is 1. The minimum absolute atomic E-state index is 0.0178. The minimum Gasteiger partial charge on any atom is -0.467 e. The van der Waals surface area contributed by atoms with Gasteiger partial charge in [-0.05, 0) is 34.9 Å². The number of aromatic nitrogens is 2. The Morgan fingerprint density at radius 3 is 2.60 bits per heavy atom. The molecule has 7 heteroatoms. The summed E-state index contributed by atoms with van der Waals surface area (Å²) in [6, 6.07) is 21.3. The molecule has 174 valence electrons. The smallest absolute Gasteiger partial charge is 0.293 e. The van der Waals surface area contributed by atoms with E-state index in [9.17, 15) is 14.0 Å². The molecule has 6 nitrogen and oxygen atoms in total. The van der Waals surface area contributed by atoms with Crippen LogP contribution < -0.4 is 0 Å². The van der Waals surface area contributed by atoms with Gasteiger partial charge in [0.2, 0.25) is 0 Å². The molecule has 3 aromatic carbocycles. The minimum atomic E-state index is -0.638. The average molecular weight is 468 g/mol. The fourth-order valence-corrected chi connectivity index (χ4v) is 4.49. The van der Waals surface area contributed by atoms with Gasteiger partial charge in [0.1, 0.15) is 18.2 Å². The van der Waals surface area contributed by atoms with E-state index in [0.29, 0.717) is 41.2 Å². The Kier molecular flexibility index (Phi) is 6.30. The van der Waals surface area contributed by atoms with Crippen LogP contribution in [0.5, 0.6) is 0 Å². The van der Waals surface area contributed by atoms with Crippen LogP contribution in [-0.2, 0) is 16.1 Å². The second-order valence-corrected chi connectivity index (χ2v) is 8.29. The lowest BCUT2D eigenvalue weighted by molar-refractivity contribution is -0.129. The molecule has 0 fully saturated rings. The molecule has 1 aliphatic heterocycles. The van der Waals surface area contributed by atoms with E-state index in [-0.39, 0.29) is 18.2 Å². The number of benzene rings is 3. The van der Waals surface area contributed by atoms with Gasteiger partial charge in [0.05, 0.1) is 17.5 Å². The Hall–Kier alpha value is -4.39. The number of nitrogens with zero attached hydrogens (tertiary/aromatic N) is 3. The lowest BCUT2D eigenvalue weighted by Gasteiger charge is -2.25. The maximum absolute atomic E-state index is 13.7. The van der Waals surface area contributed by atoms with Crippen LogP contribution in [0.15, 0.2) is 90.2 Å². The SMILES string of the molecule is O=COCC(c1cccc2c1C(=O)C(c1ccc(F)cc1)C=N2)c1nccn1Cc1ccccc1. The van der Waals surface area contributed by atoms with Crippen molar-refractivity contribution in [2.75, 3.05) is 6.61 Å². The lowest BCUT2D eigenvalue weighted by Crippen LogP contribution is -2.23. The summed E-state index contributed by atoms with van der Waals surface area (Å²) in [4.78, 5) is 34.0. The standard InChI is InChI=1S/C28H22FN3O3/c29-21-11-9-20(10-12-21)23-15-31-25-8-4-7-22(26(25)27(23)34)24(17-35-18-33)28-30-13-14-32(28)16-19-5-2-1-3-6-19/h1-15,18,23-24H,16-17H2. The second-order valence-electron chi connectivity index (χ2n) is 8.29. The highest BCUT2D eigenvalue weighted by Gasteiger charge is 2.33. The topological polar surface area (TPSA) is 73.6 Å². The molecule has 0 amide bonds. The normalized spacial score (nSPS) is 15.5. The third-order valence-electron chi connectivity index (χ3n) is 6.16. The van der Waals surface area contributed by atoms with Crippen LogP contribution in [-0.4, -0.2) is 34.6 Å². The highest BCUT2D eigenvalue weighted by Crippen LogP contribution is 2.38. The molecule has 0 radical (unpaired) electrons. The van der Waals surface area contributed by atoms with Crippen LogP contribution in [0.25, 0.3) is 0 Å². The predicted octanol–water partition coefficient (Wildman–Crippen LogP) is 5.06. The predicted molar refractivity (Wildman–Crippen MR) is 130 cm³/mol. The molecule has 0 bridgehead atoms. The van der Waals surface area contributed by atoms with Crippen molar-refractivity contribution < 1.29 is 18.7 Å². The number of halogens is 1. The van der Waals surface area contributed by atoms with E-state index in [4.69, 9.17) is 4.74 Å². The van der Waals surface area contributed by atoms with Gasteiger partial charge in [0, 0.05) is 30.7 Å². The van der Waals surface area contributed by atoms with Crippen LogP contribution >= 0.6 is 0 Å². The summed E-state index contributed by atoms with van der Waals surface area (Å²) >= 11 is 0. The number of hydrogen-bond donors (Lipinski definition) is 0. The highest BCUT2D eigenvalue weighted by molar-refractivity contribution is 6.16. The number of ketones is 1. The van der Waals surface area contributed by atoms with Crippen LogP contribution in [0, 0.1) is 5.82 Å². The van der Waals surface area contributed by atoms with Gasteiger partial charge >= 0.3 is 0 Å². The van der Waals surface area contributed by atoms with E-state index in [1.807, 2.05) is 53.2 Å². The molecule has 2 unspecified atom stereocenters. The zero-order valence-corrected chi connectivity index (χ0v) is 18.8. The van der Waals surface area contributed by atoms with Crippen molar-refractivity contribution in [1.82, 2.24) is 9.55 Å². The molecule has 0 spiro atoms. The molecule has 1 aliphatic rings. The number of carbonyl (C=O) groups excluding carboxylic acids is 2. The van der Waals surface area contributed by atoms with E-state index in [1.54, 1.807) is 30.6 Å². The number of imidazole rings is 1. The van der Waals surface area contributed by atoms with Gasteiger partial charge in [-0.25, -0.2) is 9.37 Å². The van der Waals surface area contributed by atoms with Gasteiger partial charge < -0.3 is 9.30 Å². The fraction of sp³-hybridized carbons (Fsp3) is 0.143. The molecule has 0 saturated carbocycles. The number of ether oxygens (including phenoxy) is 1. The third-order valence-corrected chi connectivity index (χ3v) is 6.16. The lowest BCUT2D eigenvalue weighted by atomic mass is 9.83. The Morgan fingerprint density at radius 1 is 1.03 bits per heavy atom. The van der Waals surface area contributed by atoms with E-state index in [2.05, 4.69) is 9.98 Å². The molecule has 1 aromatic heterocycles. The zero-order valence-electron chi connectivity index (χ0n) is 18.8. The maximum Gasteiger partial charge on any atom is 0.293 e. The Balaban J connectivity index is 1.57. The number of carbonyl (C=O) groups is 2. The van der Waals surface area contributed by atoms with Gasteiger partial charge in [0.15, 0.2) is 5.78 Å². The number of rotatable bonds is 8.